The van der Waals surface area contributed by atoms with E-state index in [1.807, 2.05) is 31.8 Å². The lowest BCUT2D eigenvalue weighted by Gasteiger charge is -2.04. The first-order valence-corrected chi connectivity index (χ1v) is 3.06. The number of hydrogen-bond donors (Lipinski definition) is 0. The summed E-state index contributed by atoms with van der Waals surface area (Å²) in [5.74, 6) is 0. The monoisotopic (exact) mass is 102 g/mol. The predicted octanol–water partition coefficient (Wildman–Crippen LogP) is 0.863. The molecule has 35 valence electrons. The van der Waals surface area contributed by atoms with E-state index in [-0.39, 0.29) is 0 Å². The van der Waals surface area contributed by atoms with Gasteiger partial charge >= 0.3 is 0 Å². The molecule has 0 bridgehead atoms. The molecule has 0 unspecified atom stereocenters. The largest absolute Gasteiger partial charge is 0.299 e. The van der Waals surface area contributed by atoms with E-state index >= 15 is 0 Å². The Hall–Kier alpha value is 0.375. The van der Waals surface area contributed by atoms with Gasteiger partial charge in [0.05, 0.1) is 0 Å². The first-order valence-electron chi connectivity index (χ1n) is 1.87. The third-order valence-corrected chi connectivity index (χ3v) is 1.44. The predicted molar refractivity (Wildman–Crippen MR) is 32.9 cm³/mol. The van der Waals surface area contributed by atoms with Crippen LogP contribution in [-0.2, 0) is 0 Å². The Balaban J connectivity index is 2.75. The zero-order valence-corrected chi connectivity index (χ0v) is 5.25. The summed E-state index contributed by atoms with van der Waals surface area (Å²) in [6.45, 7) is 2.01. The van der Waals surface area contributed by atoms with Gasteiger partial charge in [-0.05, 0) is 13.3 Å². The summed E-state index contributed by atoms with van der Waals surface area (Å²) in [4.78, 5) is 0. The highest BCUT2D eigenvalue weighted by Crippen LogP contribution is 1.94. The number of nitrogens with zero attached hydrogens (tertiary/aromatic N) is 1. The molecule has 0 atom stereocenters. The van der Waals surface area contributed by atoms with Gasteiger partial charge < -0.3 is 0 Å². The summed E-state index contributed by atoms with van der Waals surface area (Å²) in [6.07, 6.45) is 2.04. The van der Waals surface area contributed by atoms with Gasteiger partial charge in [0.25, 0.3) is 0 Å². The van der Waals surface area contributed by atoms with Crippen molar-refractivity contribution in [1.29, 1.82) is 0 Å². The molecule has 0 saturated carbocycles. The topological polar surface area (TPSA) is 3.24 Å². The lowest BCUT2D eigenvalue weighted by Crippen LogP contribution is -2.09. The minimum atomic E-state index is 1.70. The van der Waals surface area contributed by atoms with Crippen molar-refractivity contribution in [2.24, 2.45) is 0 Å². The van der Waals surface area contributed by atoms with E-state index in [4.69, 9.17) is 0 Å². The summed E-state index contributed by atoms with van der Waals surface area (Å²) < 4.78 is 2.04. The highest BCUT2D eigenvalue weighted by molar-refractivity contribution is 7.97. The second-order valence-corrected chi connectivity index (χ2v) is 1.93. The second-order valence-electron chi connectivity index (χ2n) is 0.987. The third kappa shape index (κ3) is 2.60. The summed E-state index contributed by atoms with van der Waals surface area (Å²) in [6, 6.07) is 0. The fourth-order valence-electron chi connectivity index (χ4n) is 0.105. The zero-order chi connectivity index (χ0) is 4.99. The van der Waals surface area contributed by atoms with Crippen molar-refractivity contribution in [3.8, 4) is 0 Å². The highest BCUT2D eigenvalue weighted by atomic mass is 32.2. The quantitative estimate of drug-likeness (QED) is 0.375. The van der Waals surface area contributed by atoms with Crippen molar-refractivity contribution in [3.05, 3.63) is 0 Å². The Labute approximate surface area is 44.5 Å². The molecule has 0 rings (SSSR count). The van der Waals surface area contributed by atoms with E-state index in [9.17, 15) is 0 Å². The van der Waals surface area contributed by atoms with Crippen LogP contribution in [0.25, 0.3) is 0 Å². The van der Waals surface area contributed by atoms with Crippen molar-refractivity contribution < 1.29 is 0 Å². The molecule has 0 spiro atoms. The van der Waals surface area contributed by atoms with Crippen LogP contribution in [-0.4, -0.2) is 24.9 Å². The van der Waals surface area contributed by atoms with Crippen molar-refractivity contribution in [3.63, 3.8) is 0 Å². The maximum Gasteiger partial charge on any atom is 0.219 e. The lowest BCUT2D eigenvalue weighted by molar-refractivity contribution is 0.903. The van der Waals surface area contributed by atoms with Crippen molar-refractivity contribution in [2.45, 2.75) is 6.82 Å². The molecule has 0 aromatic carbocycles. The first-order chi connectivity index (χ1) is 2.81. The maximum atomic E-state index is 2.04. The standard InChI is InChI=1S/C3H9BNS/c1-4-5(2)6-3/h1-3H3. The van der Waals surface area contributed by atoms with Gasteiger partial charge in [-0.25, -0.2) is 0 Å². The van der Waals surface area contributed by atoms with Crippen molar-refractivity contribution in [2.75, 3.05) is 13.3 Å². The average Bonchev–Trinajstić information content (AvgIpc) is 1.65. The van der Waals surface area contributed by atoms with E-state index in [0.717, 1.165) is 0 Å². The van der Waals surface area contributed by atoms with E-state index in [1.165, 1.54) is 0 Å². The minimum absolute atomic E-state index is 1.70. The van der Waals surface area contributed by atoms with E-state index in [1.54, 1.807) is 11.9 Å². The summed E-state index contributed by atoms with van der Waals surface area (Å²) >= 11 is 1.70. The third-order valence-electron chi connectivity index (χ3n) is 0.652. The second kappa shape index (κ2) is 3.56. The van der Waals surface area contributed by atoms with Crippen molar-refractivity contribution in [1.82, 2.24) is 4.22 Å². The molecule has 0 aromatic heterocycles. The van der Waals surface area contributed by atoms with Gasteiger partial charge in [0.15, 0.2) is 0 Å². The van der Waals surface area contributed by atoms with Crippen LogP contribution in [0.1, 0.15) is 0 Å². The van der Waals surface area contributed by atoms with Crippen LogP contribution < -0.4 is 0 Å². The highest BCUT2D eigenvalue weighted by Gasteiger charge is 1.85. The number of rotatable bonds is 2. The molecule has 6 heavy (non-hydrogen) atoms. The first kappa shape index (κ1) is 6.37. The minimum Gasteiger partial charge on any atom is -0.299 e. The van der Waals surface area contributed by atoms with E-state index in [2.05, 4.69) is 0 Å². The molecular weight excluding hydrogens is 92.9 g/mol. The van der Waals surface area contributed by atoms with E-state index < -0.39 is 0 Å². The lowest BCUT2D eigenvalue weighted by atomic mass is 10.0. The number of hydrogen-bond acceptors (Lipinski definition) is 2. The van der Waals surface area contributed by atoms with Crippen LogP contribution in [0.4, 0.5) is 0 Å². The molecule has 0 fully saturated rings. The molecule has 0 aliphatic heterocycles. The molecule has 0 amide bonds. The normalized spacial score (nSPS) is 9.33. The maximum absolute atomic E-state index is 2.04. The van der Waals surface area contributed by atoms with Crippen LogP contribution >= 0.6 is 11.9 Å². The van der Waals surface area contributed by atoms with Crippen LogP contribution in [0, 0.1) is 0 Å². The van der Waals surface area contributed by atoms with E-state index in [0.29, 0.717) is 0 Å². The Morgan fingerprint density at radius 2 is 2.17 bits per heavy atom. The van der Waals surface area contributed by atoms with Crippen LogP contribution in [0.3, 0.4) is 0 Å². The molecule has 0 heterocycles. The Morgan fingerprint density at radius 3 is 2.17 bits per heavy atom. The molecule has 0 aromatic rings. The molecule has 0 N–H and O–H groups in total. The van der Waals surface area contributed by atoms with Crippen LogP contribution in [0.15, 0.2) is 0 Å². The molecule has 1 nitrogen and oxygen atoms in total. The fraction of sp³-hybridized carbons (Fsp3) is 1.00. The smallest absolute Gasteiger partial charge is 0.219 e. The van der Waals surface area contributed by atoms with Gasteiger partial charge in [0, 0.05) is 0 Å². The summed E-state index contributed by atoms with van der Waals surface area (Å²) in [5, 5.41) is 0. The summed E-state index contributed by atoms with van der Waals surface area (Å²) in [7, 11) is 4.04. The molecule has 0 saturated heterocycles. The van der Waals surface area contributed by atoms with Gasteiger partial charge in [0.2, 0.25) is 7.41 Å². The average molecular weight is 102 g/mol. The van der Waals surface area contributed by atoms with Crippen molar-refractivity contribution >= 4 is 19.4 Å². The molecule has 0 aliphatic rings. The fourth-order valence-corrected chi connectivity index (χ4v) is 0.316. The van der Waals surface area contributed by atoms with Crippen LogP contribution in [0.2, 0.25) is 6.82 Å². The van der Waals surface area contributed by atoms with Gasteiger partial charge in [-0.1, -0.05) is 18.8 Å². The zero-order valence-electron chi connectivity index (χ0n) is 4.43. The molecule has 3 heteroatoms. The molecule has 0 aliphatic carbocycles. The Bertz CT molecular complexity index is 30.0. The van der Waals surface area contributed by atoms with Crippen LogP contribution in [0.5, 0.6) is 0 Å². The SMILES string of the molecule is C[B]N(C)SC. The van der Waals surface area contributed by atoms with Gasteiger partial charge in [0.1, 0.15) is 0 Å². The Morgan fingerprint density at radius 1 is 1.67 bits per heavy atom. The molecular formula is C3H9BNS. The Kier molecular flexibility index (Phi) is 3.78. The van der Waals surface area contributed by atoms with Gasteiger partial charge in [-0.2, -0.15) is 0 Å². The molecule has 1 radical (unpaired) electrons. The summed E-state index contributed by atoms with van der Waals surface area (Å²) in [5.41, 5.74) is 0. The van der Waals surface area contributed by atoms with Gasteiger partial charge in [-0.15, -0.1) is 0 Å². The van der Waals surface area contributed by atoms with Gasteiger partial charge in [-0.3, -0.25) is 4.22 Å².